The van der Waals surface area contributed by atoms with Gasteiger partial charge in [-0.2, -0.15) is 0 Å². The molecule has 1 N–H and O–H groups in total. The Kier molecular flexibility index (Phi) is 10.7. The number of urea groups is 1. The molecule has 2 atom stereocenters. The van der Waals surface area contributed by atoms with Crippen LogP contribution in [0.1, 0.15) is 50.2 Å². The van der Waals surface area contributed by atoms with Crippen molar-refractivity contribution in [3.8, 4) is 0 Å². The third-order valence-electron chi connectivity index (χ3n) is 10.5. The van der Waals surface area contributed by atoms with Crippen molar-refractivity contribution in [1.29, 1.82) is 0 Å². The minimum Gasteiger partial charge on any atom is -0.343 e. The molecule has 6 rings (SSSR count). The van der Waals surface area contributed by atoms with Gasteiger partial charge in [-0.05, 0) is 120 Å². The number of hydrogen-bond donors (Lipinski definition) is 1. The fourth-order valence-corrected chi connectivity index (χ4v) is 8.45. The highest BCUT2D eigenvalue weighted by Crippen LogP contribution is 2.30. The zero-order chi connectivity index (χ0) is 32.4. The Morgan fingerprint density at radius 1 is 0.891 bits per heavy atom. The van der Waals surface area contributed by atoms with Crippen LogP contribution >= 0.6 is 31.9 Å². The number of nitrogens with zero attached hydrogens (tertiary/aromatic N) is 5. The van der Waals surface area contributed by atoms with Gasteiger partial charge in [0, 0.05) is 78.4 Å². The lowest BCUT2D eigenvalue weighted by Gasteiger charge is -2.46. The summed E-state index contributed by atoms with van der Waals surface area (Å²) in [4.78, 5) is 51.7. The van der Waals surface area contributed by atoms with E-state index >= 15 is 0 Å². The van der Waals surface area contributed by atoms with Crippen LogP contribution in [0.25, 0.3) is 0 Å². The summed E-state index contributed by atoms with van der Waals surface area (Å²) in [6.07, 6.45) is 4.53. The number of likely N-dealkylation sites (tertiary alicyclic amines) is 2. The summed E-state index contributed by atoms with van der Waals surface area (Å²) in [5.74, 6) is -0.315. The smallest absolute Gasteiger partial charge is 0.322 e. The average Bonchev–Trinajstić information content (AvgIpc) is 3.06. The minimum absolute atomic E-state index is 0.0272. The molecule has 3 fully saturated rings. The van der Waals surface area contributed by atoms with Crippen molar-refractivity contribution < 1.29 is 14.4 Å². The highest BCUT2D eigenvalue weighted by atomic mass is 79.9. The first-order valence-electron chi connectivity index (χ1n) is 16.8. The molecule has 9 nitrogen and oxygen atoms in total. The van der Waals surface area contributed by atoms with Gasteiger partial charge in [0.2, 0.25) is 11.8 Å². The zero-order valence-corrected chi connectivity index (χ0v) is 30.1. The van der Waals surface area contributed by atoms with Crippen LogP contribution in [-0.4, -0.2) is 113 Å². The number of benzene rings is 2. The zero-order valence-electron chi connectivity index (χ0n) is 27.0. The molecule has 0 radical (unpaired) electrons. The summed E-state index contributed by atoms with van der Waals surface area (Å²) in [5.41, 5.74) is 3.03. The molecule has 2 aromatic rings. The highest BCUT2D eigenvalue weighted by molar-refractivity contribution is 9.13. The van der Waals surface area contributed by atoms with E-state index in [-0.39, 0.29) is 30.3 Å². The number of anilines is 1. The molecule has 0 aliphatic carbocycles. The Hall–Kier alpha value is -2.47. The predicted molar refractivity (Wildman–Crippen MR) is 188 cm³/mol. The lowest BCUT2D eigenvalue weighted by atomic mass is 9.92. The van der Waals surface area contributed by atoms with Gasteiger partial charge in [0.1, 0.15) is 0 Å². The Labute approximate surface area is 289 Å². The van der Waals surface area contributed by atoms with Gasteiger partial charge in [0.15, 0.2) is 0 Å². The Morgan fingerprint density at radius 3 is 2.33 bits per heavy atom. The van der Waals surface area contributed by atoms with E-state index in [1.54, 1.807) is 0 Å². The van der Waals surface area contributed by atoms with E-state index in [9.17, 15) is 14.4 Å². The van der Waals surface area contributed by atoms with Crippen molar-refractivity contribution in [1.82, 2.24) is 24.5 Å². The van der Waals surface area contributed by atoms with Gasteiger partial charge in [0.05, 0.1) is 5.92 Å². The standard InChI is InChI=1S/C35H46Br2N6O3/c1-24-22-41(17-18-42(24)28-9-13-39(2)14-10-28)34(45)27(19-25-7-8-30(36)31(37)20-25)21-33(44)40-15-11-29(12-16-40)43-23-26-5-3-4-6-32(26)38-35(43)46/h3-8,20,24,27-29H,9-19,21-23H2,1-2H3,(H,38,46). The Balaban J connectivity index is 1.09. The first-order valence-corrected chi connectivity index (χ1v) is 18.3. The number of hydrogen-bond acceptors (Lipinski definition) is 5. The van der Waals surface area contributed by atoms with Crippen molar-refractivity contribution in [2.75, 3.05) is 58.2 Å². The number of piperidine rings is 2. The third kappa shape index (κ3) is 7.63. The van der Waals surface area contributed by atoms with Gasteiger partial charge in [-0.3, -0.25) is 14.5 Å². The number of carbonyl (C=O) groups is 3. The topological polar surface area (TPSA) is 79.4 Å². The number of nitrogens with one attached hydrogen (secondary N) is 1. The summed E-state index contributed by atoms with van der Waals surface area (Å²) in [5, 5.41) is 3.02. The number of halogens is 2. The molecule has 11 heteroatoms. The summed E-state index contributed by atoms with van der Waals surface area (Å²) < 4.78 is 1.90. The number of para-hydroxylation sites is 1. The van der Waals surface area contributed by atoms with E-state index in [4.69, 9.17) is 0 Å². The van der Waals surface area contributed by atoms with Gasteiger partial charge < -0.3 is 24.9 Å². The van der Waals surface area contributed by atoms with Crippen LogP contribution < -0.4 is 5.32 Å². The maximum Gasteiger partial charge on any atom is 0.322 e. The van der Waals surface area contributed by atoms with E-state index < -0.39 is 5.92 Å². The Morgan fingerprint density at radius 2 is 1.61 bits per heavy atom. The summed E-state index contributed by atoms with van der Waals surface area (Å²) in [6.45, 7) is 8.55. The Bertz CT molecular complexity index is 1420. The molecule has 2 aromatic carbocycles. The molecule has 0 saturated carbocycles. The molecule has 0 aromatic heterocycles. The molecule has 4 aliphatic heterocycles. The lowest BCUT2D eigenvalue weighted by Crippen LogP contribution is -2.59. The van der Waals surface area contributed by atoms with Gasteiger partial charge in [-0.25, -0.2) is 4.79 Å². The van der Waals surface area contributed by atoms with Crippen LogP contribution in [0.5, 0.6) is 0 Å². The molecule has 0 spiro atoms. The second-order valence-corrected chi connectivity index (χ2v) is 15.3. The molecule has 0 bridgehead atoms. The molecule has 4 aliphatic rings. The molecule has 4 heterocycles. The molecule has 2 unspecified atom stereocenters. The molecule has 248 valence electrons. The average molecular weight is 759 g/mol. The fraction of sp³-hybridized carbons (Fsp3) is 0.571. The third-order valence-corrected chi connectivity index (χ3v) is 12.4. The first kappa shape index (κ1) is 33.4. The van der Waals surface area contributed by atoms with Crippen LogP contribution in [0.4, 0.5) is 10.5 Å². The quantitative estimate of drug-likeness (QED) is 0.408. The van der Waals surface area contributed by atoms with Crippen LogP contribution in [0.15, 0.2) is 51.4 Å². The van der Waals surface area contributed by atoms with Crippen LogP contribution in [0.2, 0.25) is 0 Å². The van der Waals surface area contributed by atoms with Crippen molar-refractivity contribution in [3.05, 3.63) is 62.5 Å². The second-order valence-electron chi connectivity index (χ2n) is 13.6. The lowest BCUT2D eigenvalue weighted by molar-refractivity contribution is -0.144. The summed E-state index contributed by atoms with van der Waals surface area (Å²) in [7, 11) is 2.19. The van der Waals surface area contributed by atoms with Crippen molar-refractivity contribution >= 4 is 55.4 Å². The van der Waals surface area contributed by atoms with E-state index in [1.807, 2.05) is 51.1 Å². The van der Waals surface area contributed by atoms with Crippen LogP contribution in [-0.2, 0) is 22.6 Å². The molecule has 46 heavy (non-hydrogen) atoms. The van der Waals surface area contributed by atoms with E-state index in [2.05, 4.69) is 67.0 Å². The number of fused-ring (bicyclic) bond motifs is 1. The summed E-state index contributed by atoms with van der Waals surface area (Å²) in [6, 6.07) is 14.9. The van der Waals surface area contributed by atoms with E-state index in [0.29, 0.717) is 51.2 Å². The van der Waals surface area contributed by atoms with Gasteiger partial charge >= 0.3 is 6.03 Å². The maximum absolute atomic E-state index is 14.2. The first-order chi connectivity index (χ1) is 22.2. The normalized spacial score (nSPS) is 22.8. The number of rotatable bonds is 7. The van der Waals surface area contributed by atoms with Gasteiger partial charge in [0.25, 0.3) is 0 Å². The van der Waals surface area contributed by atoms with Gasteiger partial charge in [-0.15, -0.1) is 0 Å². The molecule has 3 saturated heterocycles. The van der Waals surface area contributed by atoms with Crippen LogP contribution in [0.3, 0.4) is 0 Å². The van der Waals surface area contributed by atoms with Crippen molar-refractivity contribution in [2.45, 2.75) is 70.1 Å². The predicted octanol–water partition coefficient (Wildman–Crippen LogP) is 5.43. The number of carbonyl (C=O) groups excluding carboxylic acids is 3. The van der Waals surface area contributed by atoms with Crippen molar-refractivity contribution in [2.24, 2.45) is 5.92 Å². The van der Waals surface area contributed by atoms with E-state index in [0.717, 1.165) is 58.2 Å². The second kappa shape index (κ2) is 14.7. The monoisotopic (exact) mass is 756 g/mol. The minimum atomic E-state index is -0.426. The van der Waals surface area contributed by atoms with Crippen LogP contribution in [0, 0.1) is 5.92 Å². The maximum atomic E-state index is 14.2. The number of amides is 4. The number of piperazine rings is 1. The molecular weight excluding hydrogens is 712 g/mol. The van der Waals surface area contributed by atoms with Gasteiger partial charge in [-0.1, -0.05) is 24.3 Å². The molecular formula is C35H46Br2N6O3. The largest absolute Gasteiger partial charge is 0.343 e. The van der Waals surface area contributed by atoms with Crippen molar-refractivity contribution in [3.63, 3.8) is 0 Å². The fourth-order valence-electron chi connectivity index (χ4n) is 7.78. The summed E-state index contributed by atoms with van der Waals surface area (Å²) >= 11 is 7.17. The highest BCUT2D eigenvalue weighted by Gasteiger charge is 2.37. The van der Waals surface area contributed by atoms with E-state index in [1.165, 1.54) is 12.8 Å². The SMILES string of the molecule is CC1CN(C(=O)C(CC(=O)N2CCC(N3Cc4ccccc4NC3=O)CC2)Cc2ccc(Br)c(Br)c2)CCN1C1CCN(C)CC1. The molecule has 4 amide bonds.